The second kappa shape index (κ2) is 8.48. The molecule has 0 fully saturated rings. The molecule has 5 nitrogen and oxygen atoms in total. The van der Waals surface area contributed by atoms with Crippen molar-refractivity contribution in [2.75, 3.05) is 19.0 Å². The van der Waals surface area contributed by atoms with E-state index in [-0.39, 0.29) is 6.10 Å². The monoisotopic (exact) mass is 316 g/mol. The topological polar surface area (TPSA) is 67.4 Å². The second-order valence-corrected chi connectivity index (χ2v) is 5.82. The molecule has 1 aliphatic carbocycles. The predicted octanol–water partition coefficient (Wildman–Crippen LogP) is 2.81. The molecule has 0 aliphatic heterocycles. The molecule has 1 aliphatic rings. The van der Waals surface area contributed by atoms with E-state index in [0.717, 1.165) is 24.8 Å². The lowest BCUT2D eigenvalue weighted by Crippen LogP contribution is -2.38. The van der Waals surface area contributed by atoms with E-state index in [9.17, 15) is 9.59 Å². The number of benzene rings is 1. The molecule has 0 saturated carbocycles. The van der Waals surface area contributed by atoms with Crippen LogP contribution in [0, 0.1) is 5.92 Å². The quantitative estimate of drug-likeness (QED) is 0.648. The maximum Gasteiger partial charge on any atom is 0.313 e. The molecule has 0 bridgehead atoms. The van der Waals surface area contributed by atoms with Gasteiger partial charge in [-0.1, -0.05) is 24.3 Å². The van der Waals surface area contributed by atoms with E-state index in [1.54, 1.807) is 13.2 Å². The Bertz CT molecular complexity index is 583. The van der Waals surface area contributed by atoms with Gasteiger partial charge in [-0.05, 0) is 49.8 Å². The highest BCUT2D eigenvalue weighted by atomic mass is 16.5. The van der Waals surface area contributed by atoms with Crippen LogP contribution in [0.3, 0.4) is 0 Å². The van der Waals surface area contributed by atoms with Crippen molar-refractivity contribution in [1.82, 2.24) is 5.32 Å². The summed E-state index contributed by atoms with van der Waals surface area (Å²) in [5.41, 5.74) is 1.53. The largest absolute Gasteiger partial charge is 0.377 e. The average molecular weight is 316 g/mol. The number of carbonyl (C=O) groups excluding carboxylic acids is 2. The first-order chi connectivity index (χ1) is 11.1. The summed E-state index contributed by atoms with van der Waals surface area (Å²) >= 11 is 0. The van der Waals surface area contributed by atoms with Crippen LogP contribution in [0.1, 0.15) is 37.9 Å². The lowest BCUT2D eigenvalue weighted by Gasteiger charge is -2.18. The van der Waals surface area contributed by atoms with E-state index < -0.39 is 11.8 Å². The van der Waals surface area contributed by atoms with Crippen molar-refractivity contribution in [1.29, 1.82) is 0 Å². The first kappa shape index (κ1) is 17.2. The van der Waals surface area contributed by atoms with Crippen LogP contribution in [-0.4, -0.2) is 25.5 Å². The normalized spacial score (nSPS) is 18.3. The van der Waals surface area contributed by atoms with Crippen molar-refractivity contribution in [2.45, 2.75) is 32.3 Å². The number of hydrogen-bond acceptors (Lipinski definition) is 3. The predicted molar refractivity (Wildman–Crippen MR) is 90.0 cm³/mol. The average Bonchev–Trinajstić information content (AvgIpc) is 2.60. The van der Waals surface area contributed by atoms with Gasteiger partial charge >= 0.3 is 11.8 Å². The van der Waals surface area contributed by atoms with E-state index in [4.69, 9.17) is 4.74 Å². The fourth-order valence-corrected chi connectivity index (χ4v) is 2.55. The van der Waals surface area contributed by atoms with Gasteiger partial charge < -0.3 is 15.4 Å². The lowest BCUT2D eigenvalue weighted by molar-refractivity contribution is -0.136. The lowest BCUT2D eigenvalue weighted by atomic mass is 9.94. The number of carbonyl (C=O) groups is 2. The summed E-state index contributed by atoms with van der Waals surface area (Å²) in [6.45, 7) is 2.46. The van der Waals surface area contributed by atoms with Crippen molar-refractivity contribution < 1.29 is 14.3 Å². The van der Waals surface area contributed by atoms with Gasteiger partial charge in [-0.25, -0.2) is 0 Å². The summed E-state index contributed by atoms with van der Waals surface area (Å²) in [7, 11) is 1.63. The van der Waals surface area contributed by atoms with Gasteiger partial charge in [0.1, 0.15) is 0 Å². The molecule has 2 rings (SSSR count). The Morgan fingerprint density at radius 3 is 2.83 bits per heavy atom. The van der Waals surface area contributed by atoms with E-state index in [1.165, 1.54) is 0 Å². The Kier molecular flexibility index (Phi) is 6.35. The Hall–Kier alpha value is -2.14. The van der Waals surface area contributed by atoms with E-state index in [2.05, 4.69) is 22.8 Å². The zero-order valence-electron chi connectivity index (χ0n) is 13.7. The van der Waals surface area contributed by atoms with Crippen molar-refractivity contribution in [3.8, 4) is 0 Å². The number of hydrogen-bond donors (Lipinski definition) is 2. The molecule has 23 heavy (non-hydrogen) atoms. The number of allylic oxidation sites excluding steroid dienone is 2. The van der Waals surface area contributed by atoms with Crippen LogP contribution >= 0.6 is 0 Å². The van der Waals surface area contributed by atoms with Crippen molar-refractivity contribution in [3.05, 3.63) is 42.0 Å². The summed E-state index contributed by atoms with van der Waals surface area (Å²) in [5, 5.41) is 5.34. The van der Waals surface area contributed by atoms with E-state index in [0.29, 0.717) is 18.2 Å². The molecule has 0 aromatic heterocycles. The molecule has 2 N–H and O–H groups in total. The number of nitrogens with one attached hydrogen (secondary N) is 2. The number of methoxy groups -OCH3 is 1. The summed E-state index contributed by atoms with van der Waals surface area (Å²) < 4.78 is 5.25. The van der Waals surface area contributed by atoms with E-state index >= 15 is 0 Å². The van der Waals surface area contributed by atoms with Gasteiger partial charge in [-0.3, -0.25) is 9.59 Å². The SMILES string of the molecule is COC(C)c1cccc(NC(=O)C(=O)NCC2CC=CCC2)c1. The van der Waals surface area contributed by atoms with Gasteiger partial charge in [-0.2, -0.15) is 0 Å². The molecule has 2 unspecified atom stereocenters. The summed E-state index contributed by atoms with van der Waals surface area (Å²) in [5.74, 6) is -0.814. The highest BCUT2D eigenvalue weighted by Gasteiger charge is 2.17. The summed E-state index contributed by atoms with van der Waals surface area (Å²) in [6, 6.07) is 7.31. The Labute approximate surface area is 137 Å². The van der Waals surface area contributed by atoms with Crippen LogP contribution in [0.15, 0.2) is 36.4 Å². The molecule has 1 aromatic carbocycles. The van der Waals surface area contributed by atoms with Crippen LogP contribution < -0.4 is 10.6 Å². The molecular formula is C18H24N2O3. The van der Waals surface area contributed by atoms with Gasteiger partial charge in [0.15, 0.2) is 0 Å². The molecule has 2 amide bonds. The number of ether oxygens (including phenoxy) is 1. The minimum atomic E-state index is -0.640. The molecule has 0 saturated heterocycles. The van der Waals surface area contributed by atoms with Crippen molar-refractivity contribution in [2.24, 2.45) is 5.92 Å². The standard InChI is InChI=1S/C18H24N2O3/c1-13(23-2)15-9-6-10-16(11-15)20-18(22)17(21)19-12-14-7-4-3-5-8-14/h3-4,6,9-11,13-14H,5,7-8,12H2,1-2H3,(H,19,21)(H,20,22). The minimum Gasteiger partial charge on any atom is -0.377 e. The fourth-order valence-electron chi connectivity index (χ4n) is 2.55. The third-order valence-corrected chi connectivity index (χ3v) is 4.10. The molecule has 0 radical (unpaired) electrons. The third kappa shape index (κ3) is 5.21. The zero-order valence-corrected chi connectivity index (χ0v) is 13.7. The minimum absolute atomic E-state index is 0.0694. The molecule has 0 spiro atoms. The maximum atomic E-state index is 12.0. The maximum absolute atomic E-state index is 12.0. The van der Waals surface area contributed by atoms with Gasteiger partial charge in [0.05, 0.1) is 6.10 Å². The Morgan fingerprint density at radius 2 is 2.13 bits per heavy atom. The first-order valence-corrected chi connectivity index (χ1v) is 7.97. The number of amides is 2. The van der Waals surface area contributed by atoms with Crippen LogP contribution in [0.5, 0.6) is 0 Å². The molecule has 1 aromatic rings. The van der Waals surface area contributed by atoms with Crippen LogP contribution in [0.25, 0.3) is 0 Å². The summed E-state index contributed by atoms with van der Waals surface area (Å²) in [4.78, 5) is 23.9. The van der Waals surface area contributed by atoms with Gasteiger partial charge in [0, 0.05) is 19.3 Å². The highest BCUT2D eigenvalue weighted by Crippen LogP contribution is 2.19. The van der Waals surface area contributed by atoms with Crippen molar-refractivity contribution in [3.63, 3.8) is 0 Å². The molecule has 124 valence electrons. The van der Waals surface area contributed by atoms with Crippen LogP contribution in [0.2, 0.25) is 0 Å². The number of rotatable bonds is 5. The zero-order chi connectivity index (χ0) is 16.7. The van der Waals surface area contributed by atoms with Crippen molar-refractivity contribution >= 4 is 17.5 Å². The Morgan fingerprint density at radius 1 is 1.30 bits per heavy atom. The third-order valence-electron chi connectivity index (χ3n) is 4.10. The highest BCUT2D eigenvalue weighted by molar-refractivity contribution is 6.39. The molecule has 2 atom stereocenters. The van der Waals surface area contributed by atoms with Crippen LogP contribution in [0.4, 0.5) is 5.69 Å². The first-order valence-electron chi connectivity index (χ1n) is 7.97. The smallest absolute Gasteiger partial charge is 0.313 e. The van der Waals surface area contributed by atoms with Gasteiger partial charge in [-0.15, -0.1) is 0 Å². The van der Waals surface area contributed by atoms with Gasteiger partial charge in [0.25, 0.3) is 0 Å². The Balaban J connectivity index is 1.85. The van der Waals surface area contributed by atoms with E-state index in [1.807, 2.05) is 25.1 Å². The molecule has 5 heteroatoms. The molecule has 0 heterocycles. The van der Waals surface area contributed by atoms with Gasteiger partial charge in [0.2, 0.25) is 0 Å². The summed E-state index contributed by atoms with van der Waals surface area (Å²) in [6.07, 6.45) is 7.26. The second-order valence-electron chi connectivity index (χ2n) is 5.82. The number of anilines is 1. The van der Waals surface area contributed by atoms with Crippen LogP contribution in [-0.2, 0) is 14.3 Å². The fraction of sp³-hybridized carbons (Fsp3) is 0.444. The molecular weight excluding hydrogens is 292 g/mol.